The fourth-order valence-corrected chi connectivity index (χ4v) is 1.65. The maximum atomic E-state index is 10.8. The van der Waals surface area contributed by atoms with Crippen LogP contribution < -0.4 is 5.32 Å². The summed E-state index contributed by atoms with van der Waals surface area (Å²) in [6.45, 7) is 1.13. The number of hydrogen-bond acceptors (Lipinski definition) is 3. The number of piperidine rings is 1. The molecule has 0 aromatic rings. The van der Waals surface area contributed by atoms with Crippen molar-refractivity contribution in [3.05, 3.63) is 12.2 Å². The number of hydrogen-bond donors (Lipinski definition) is 1. The fourth-order valence-electron chi connectivity index (χ4n) is 1.65. The third-order valence-corrected chi connectivity index (χ3v) is 2.51. The predicted octanol–water partition coefficient (Wildman–Crippen LogP) is 1.64. The van der Waals surface area contributed by atoms with E-state index in [0.29, 0.717) is 12.5 Å². The summed E-state index contributed by atoms with van der Waals surface area (Å²) in [5.74, 6) is -0.169. The Bertz CT molecular complexity index is 195. The van der Waals surface area contributed by atoms with Crippen molar-refractivity contribution in [3.8, 4) is 0 Å². The van der Waals surface area contributed by atoms with Gasteiger partial charge in [0.05, 0.1) is 13.5 Å². The van der Waals surface area contributed by atoms with Crippen LogP contribution in [0, 0.1) is 0 Å². The summed E-state index contributed by atoms with van der Waals surface area (Å²) < 4.78 is 4.54. The highest BCUT2D eigenvalue weighted by molar-refractivity contribution is 5.70. The molecule has 1 atom stereocenters. The quantitative estimate of drug-likeness (QED) is 0.550. The second-order valence-corrected chi connectivity index (χ2v) is 3.63. The lowest BCUT2D eigenvalue weighted by atomic mass is 10.0. The minimum absolute atomic E-state index is 0.169. The lowest BCUT2D eigenvalue weighted by Gasteiger charge is -2.21. The van der Waals surface area contributed by atoms with Gasteiger partial charge in [0.15, 0.2) is 0 Å². The summed E-state index contributed by atoms with van der Waals surface area (Å²) in [7, 11) is 1.42. The summed E-state index contributed by atoms with van der Waals surface area (Å²) in [6.07, 6.45) is 9.25. The first-order chi connectivity index (χ1) is 6.83. The molecule has 0 aromatic carbocycles. The van der Waals surface area contributed by atoms with Crippen molar-refractivity contribution in [3.63, 3.8) is 0 Å². The van der Waals surface area contributed by atoms with Crippen LogP contribution in [0.1, 0.15) is 32.1 Å². The Morgan fingerprint density at radius 2 is 2.36 bits per heavy atom. The molecular formula is C11H19NO2. The molecule has 0 aromatic heterocycles. The lowest BCUT2D eigenvalue weighted by molar-refractivity contribution is -0.139. The number of rotatable bonds is 4. The Morgan fingerprint density at radius 3 is 3.00 bits per heavy atom. The molecular weight excluding hydrogens is 178 g/mol. The first kappa shape index (κ1) is 11.2. The van der Waals surface area contributed by atoms with Gasteiger partial charge in [-0.05, 0) is 25.8 Å². The lowest BCUT2D eigenvalue weighted by Crippen LogP contribution is -2.33. The molecule has 14 heavy (non-hydrogen) atoms. The molecule has 0 aliphatic carbocycles. The van der Waals surface area contributed by atoms with Crippen LogP contribution >= 0.6 is 0 Å². The highest BCUT2D eigenvalue weighted by Crippen LogP contribution is 2.10. The van der Waals surface area contributed by atoms with E-state index in [1.165, 1.54) is 26.4 Å². The van der Waals surface area contributed by atoms with E-state index in [1.807, 2.05) is 6.08 Å². The van der Waals surface area contributed by atoms with Crippen LogP contribution in [0.3, 0.4) is 0 Å². The van der Waals surface area contributed by atoms with E-state index in [9.17, 15) is 4.79 Å². The summed E-state index contributed by atoms with van der Waals surface area (Å²) in [5, 5.41) is 3.45. The zero-order chi connectivity index (χ0) is 10.2. The van der Waals surface area contributed by atoms with Crippen LogP contribution in [0.15, 0.2) is 12.2 Å². The zero-order valence-corrected chi connectivity index (χ0v) is 8.79. The van der Waals surface area contributed by atoms with Gasteiger partial charge >= 0.3 is 5.97 Å². The predicted molar refractivity (Wildman–Crippen MR) is 56.0 cm³/mol. The van der Waals surface area contributed by atoms with Crippen molar-refractivity contribution < 1.29 is 9.53 Å². The highest BCUT2D eigenvalue weighted by atomic mass is 16.5. The maximum Gasteiger partial charge on any atom is 0.309 e. The number of carbonyl (C=O) groups excluding carboxylic acids is 1. The van der Waals surface area contributed by atoms with E-state index in [2.05, 4.69) is 16.1 Å². The minimum atomic E-state index is -0.169. The smallest absolute Gasteiger partial charge is 0.309 e. The Balaban J connectivity index is 2.09. The molecule has 0 spiro atoms. The second-order valence-electron chi connectivity index (χ2n) is 3.63. The Morgan fingerprint density at radius 1 is 1.50 bits per heavy atom. The van der Waals surface area contributed by atoms with Gasteiger partial charge < -0.3 is 10.1 Å². The van der Waals surface area contributed by atoms with E-state index >= 15 is 0 Å². The van der Waals surface area contributed by atoms with Crippen molar-refractivity contribution in [1.82, 2.24) is 5.32 Å². The maximum absolute atomic E-state index is 10.8. The normalized spacial score (nSPS) is 22.5. The van der Waals surface area contributed by atoms with E-state index in [0.717, 1.165) is 13.0 Å². The summed E-state index contributed by atoms with van der Waals surface area (Å²) in [4.78, 5) is 10.8. The van der Waals surface area contributed by atoms with Crippen molar-refractivity contribution in [2.45, 2.75) is 38.1 Å². The van der Waals surface area contributed by atoms with E-state index < -0.39 is 0 Å². The molecule has 1 heterocycles. The van der Waals surface area contributed by atoms with Crippen LogP contribution in [0.5, 0.6) is 0 Å². The Kier molecular flexibility index (Phi) is 5.30. The molecule has 1 rings (SSSR count). The van der Waals surface area contributed by atoms with Gasteiger partial charge in [0.2, 0.25) is 0 Å². The first-order valence-corrected chi connectivity index (χ1v) is 5.28. The second kappa shape index (κ2) is 6.60. The van der Waals surface area contributed by atoms with Gasteiger partial charge in [-0.2, -0.15) is 0 Å². The third-order valence-electron chi connectivity index (χ3n) is 2.51. The largest absolute Gasteiger partial charge is 0.469 e. The number of nitrogens with one attached hydrogen (secondary N) is 1. The van der Waals surface area contributed by atoms with Gasteiger partial charge in [0, 0.05) is 6.04 Å². The number of esters is 1. The number of carbonyl (C=O) groups is 1. The first-order valence-electron chi connectivity index (χ1n) is 5.28. The Labute approximate surface area is 85.5 Å². The molecule has 0 amide bonds. The van der Waals surface area contributed by atoms with Crippen LogP contribution in [0.2, 0.25) is 0 Å². The van der Waals surface area contributed by atoms with Crippen molar-refractivity contribution in [2.24, 2.45) is 0 Å². The monoisotopic (exact) mass is 197 g/mol. The fraction of sp³-hybridized carbons (Fsp3) is 0.727. The topological polar surface area (TPSA) is 38.3 Å². The average Bonchev–Trinajstić information content (AvgIpc) is 2.25. The molecule has 3 heteroatoms. The van der Waals surface area contributed by atoms with E-state index in [-0.39, 0.29) is 5.97 Å². The van der Waals surface area contributed by atoms with Crippen molar-refractivity contribution >= 4 is 5.97 Å². The van der Waals surface area contributed by atoms with Gasteiger partial charge in [0.1, 0.15) is 0 Å². The van der Waals surface area contributed by atoms with Gasteiger partial charge in [-0.25, -0.2) is 0 Å². The van der Waals surface area contributed by atoms with E-state index in [4.69, 9.17) is 0 Å². The molecule has 1 aliphatic heterocycles. The van der Waals surface area contributed by atoms with Crippen molar-refractivity contribution in [1.29, 1.82) is 0 Å². The molecule has 1 unspecified atom stereocenters. The zero-order valence-electron chi connectivity index (χ0n) is 8.79. The third kappa shape index (κ3) is 4.42. The number of ether oxygens (including phenoxy) is 1. The molecule has 0 radical (unpaired) electrons. The van der Waals surface area contributed by atoms with Crippen LogP contribution in [0.4, 0.5) is 0 Å². The molecule has 1 fully saturated rings. The minimum Gasteiger partial charge on any atom is -0.469 e. The van der Waals surface area contributed by atoms with Crippen LogP contribution in [-0.2, 0) is 9.53 Å². The van der Waals surface area contributed by atoms with Gasteiger partial charge in [-0.3, -0.25) is 4.79 Å². The van der Waals surface area contributed by atoms with Gasteiger partial charge in [-0.1, -0.05) is 18.6 Å². The summed E-state index contributed by atoms with van der Waals surface area (Å²) >= 11 is 0. The molecule has 1 saturated heterocycles. The van der Waals surface area contributed by atoms with Gasteiger partial charge in [0.25, 0.3) is 0 Å². The van der Waals surface area contributed by atoms with E-state index in [1.54, 1.807) is 0 Å². The summed E-state index contributed by atoms with van der Waals surface area (Å²) in [5.41, 5.74) is 0. The van der Waals surface area contributed by atoms with Gasteiger partial charge in [-0.15, -0.1) is 0 Å². The molecule has 0 bridgehead atoms. The van der Waals surface area contributed by atoms with Crippen LogP contribution in [0.25, 0.3) is 0 Å². The van der Waals surface area contributed by atoms with Crippen molar-refractivity contribution in [2.75, 3.05) is 13.7 Å². The highest BCUT2D eigenvalue weighted by Gasteiger charge is 2.09. The molecule has 80 valence electrons. The number of methoxy groups -OCH3 is 1. The molecule has 1 aliphatic rings. The molecule has 0 saturated carbocycles. The molecule has 1 N–H and O–H groups in total. The van der Waals surface area contributed by atoms with Crippen LogP contribution in [-0.4, -0.2) is 25.7 Å². The average molecular weight is 197 g/mol. The SMILES string of the molecule is COC(=O)C/C=C\CC1CCCCN1. The standard InChI is InChI=1S/C11H19NO2/c1-14-11(13)8-3-2-6-10-7-4-5-9-12-10/h2-3,10,12H,4-9H2,1H3/b3-2-. The Hall–Kier alpha value is -0.830. The molecule has 3 nitrogen and oxygen atoms in total. The summed E-state index contributed by atoms with van der Waals surface area (Å²) in [6, 6.07) is 0.609.